The quantitative estimate of drug-likeness (QED) is 0.380. The minimum absolute atomic E-state index is 0.0923. The third-order valence-corrected chi connectivity index (χ3v) is 5.53. The minimum atomic E-state index is -0.0923. The molecule has 0 unspecified atom stereocenters. The van der Waals surface area contributed by atoms with Gasteiger partial charge in [0.15, 0.2) is 5.75 Å². The lowest BCUT2D eigenvalue weighted by molar-refractivity contribution is -0.576. The number of phenols is 1. The molecule has 3 heteroatoms. The molecule has 0 aliphatic heterocycles. The number of aromatic nitrogens is 1. The standard InChI is InChI=1S/C29H21NO2/c31-27-19-11-10-18-25(27)30-26(22-14-6-2-7-15-22)20-24(21-12-4-1-5-13-21)29(32)28(30)23-16-8-3-9-17-23/h1-20H,(H-,31,32). The smallest absolute Gasteiger partial charge is 0.253 e. The molecule has 0 amide bonds. The van der Waals surface area contributed by atoms with E-state index in [1.54, 1.807) is 12.1 Å². The van der Waals surface area contributed by atoms with Gasteiger partial charge in [-0.25, -0.2) is 0 Å². The first-order chi connectivity index (χ1) is 15.7. The topological polar surface area (TPSA) is 47.2 Å². The summed E-state index contributed by atoms with van der Waals surface area (Å²) in [4.78, 5) is 0. The van der Waals surface area contributed by atoms with Gasteiger partial charge in [-0.15, -0.1) is 4.57 Å². The summed E-state index contributed by atoms with van der Waals surface area (Å²) < 4.78 is 1.87. The molecule has 1 N–H and O–H groups in total. The highest BCUT2D eigenvalue weighted by atomic mass is 16.3. The summed E-state index contributed by atoms with van der Waals surface area (Å²) in [6.07, 6.45) is 0. The van der Waals surface area contributed by atoms with E-state index in [1.807, 2.05) is 114 Å². The fourth-order valence-electron chi connectivity index (χ4n) is 4.03. The van der Waals surface area contributed by atoms with Gasteiger partial charge in [-0.1, -0.05) is 78.9 Å². The second-order valence-corrected chi connectivity index (χ2v) is 7.54. The lowest BCUT2D eigenvalue weighted by Crippen LogP contribution is -2.37. The predicted octanol–water partition coefficient (Wildman–Crippen LogP) is 5.74. The van der Waals surface area contributed by atoms with Crippen molar-refractivity contribution < 1.29 is 14.8 Å². The number of rotatable bonds is 4. The molecular weight excluding hydrogens is 394 g/mol. The molecule has 5 rings (SSSR count). The van der Waals surface area contributed by atoms with Gasteiger partial charge in [0, 0.05) is 23.3 Å². The van der Waals surface area contributed by atoms with Crippen molar-refractivity contribution in [2.75, 3.05) is 0 Å². The van der Waals surface area contributed by atoms with Crippen molar-refractivity contribution in [3.63, 3.8) is 0 Å². The van der Waals surface area contributed by atoms with Gasteiger partial charge in [-0.05, 0) is 47.2 Å². The van der Waals surface area contributed by atoms with E-state index in [2.05, 4.69) is 0 Å². The van der Waals surface area contributed by atoms with Gasteiger partial charge in [0.2, 0.25) is 11.4 Å². The lowest BCUT2D eigenvalue weighted by atomic mass is 9.97. The summed E-state index contributed by atoms with van der Waals surface area (Å²) >= 11 is 0. The summed E-state index contributed by atoms with van der Waals surface area (Å²) in [5.74, 6) is 0.0176. The fraction of sp³-hybridized carbons (Fsp3) is 0. The average Bonchev–Trinajstić information content (AvgIpc) is 2.86. The van der Waals surface area contributed by atoms with Crippen molar-refractivity contribution >= 4 is 0 Å². The first-order valence-corrected chi connectivity index (χ1v) is 10.5. The normalized spacial score (nSPS) is 10.8. The number of benzene rings is 4. The molecule has 0 bridgehead atoms. The molecule has 32 heavy (non-hydrogen) atoms. The SMILES string of the molecule is [O-]c1c(-c2ccccc2)cc(-c2ccccc2)[n+](-c2ccccc2O)c1-c1ccccc1. The van der Waals surface area contributed by atoms with Crippen LogP contribution in [0.5, 0.6) is 11.5 Å². The Morgan fingerprint density at radius 3 is 1.66 bits per heavy atom. The van der Waals surface area contributed by atoms with E-state index >= 15 is 0 Å². The Kier molecular flexibility index (Phi) is 5.14. The molecule has 0 saturated carbocycles. The van der Waals surface area contributed by atoms with E-state index in [9.17, 15) is 10.2 Å². The first-order valence-electron chi connectivity index (χ1n) is 10.5. The Bertz CT molecular complexity index is 1370. The molecule has 0 saturated heterocycles. The average molecular weight is 415 g/mol. The van der Waals surface area contributed by atoms with Crippen LogP contribution in [0.25, 0.3) is 39.3 Å². The largest absolute Gasteiger partial charge is 0.868 e. The number of hydrogen-bond acceptors (Lipinski definition) is 2. The van der Waals surface area contributed by atoms with Gasteiger partial charge in [0.25, 0.3) is 5.69 Å². The Balaban J connectivity index is 1.95. The summed E-state index contributed by atoms with van der Waals surface area (Å²) in [5, 5.41) is 24.7. The fourth-order valence-corrected chi connectivity index (χ4v) is 4.03. The van der Waals surface area contributed by atoms with Gasteiger partial charge < -0.3 is 10.2 Å². The lowest BCUT2D eigenvalue weighted by Gasteiger charge is -2.20. The first kappa shape index (κ1) is 19.6. The zero-order valence-electron chi connectivity index (χ0n) is 17.3. The molecule has 0 spiro atoms. The molecule has 1 aromatic heterocycles. The van der Waals surface area contributed by atoms with Crippen LogP contribution < -0.4 is 9.67 Å². The monoisotopic (exact) mass is 415 g/mol. The van der Waals surface area contributed by atoms with Gasteiger partial charge >= 0.3 is 0 Å². The van der Waals surface area contributed by atoms with Crippen LogP contribution in [0.4, 0.5) is 0 Å². The van der Waals surface area contributed by atoms with E-state index < -0.39 is 0 Å². The van der Waals surface area contributed by atoms with Crippen molar-refractivity contribution in [2.45, 2.75) is 0 Å². The molecule has 0 aliphatic rings. The zero-order chi connectivity index (χ0) is 21.9. The van der Waals surface area contributed by atoms with Gasteiger partial charge in [-0.2, -0.15) is 0 Å². The second-order valence-electron chi connectivity index (χ2n) is 7.54. The molecule has 3 nitrogen and oxygen atoms in total. The summed E-state index contributed by atoms with van der Waals surface area (Å²) in [6.45, 7) is 0. The van der Waals surface area contributed by atoms with E-state index in [1.165, 1.54) is 0 Å². The highest BCUT2D eigenvalue weighted by molar-refractivity contribution is 5.81. The summed E-state index contributed by atoms with van der Waals surface area (Å²) in [7, 11) is 0. The number of hydrogen-bond donors (Lipinski definition) is 1. The summed E-state index contributed by atoms with van der Waals surface area (Å²) in [6, 6.07) is 38.3. The number of pyridine rings is 1. The van der Waals surface area contributed by atoms with E-state index in [0.29, 0.717) is 16.9 Å². The van der Waals surface area contributed by atoms with Crippen LogP contribution in [0.15, 0.2) is 121 Å². The van der Waals surface area contributed by atoms with Crippen LogP contribution in [0.2, 0.25) is 0 Å². The third-order valence-electron chi connectivity index (χ3n) is 5.53. The van der Waals surface area contributed by atoms with Crippen LogP contribution in [-0.4, -0.2) is 5.11 Å². The Labute approximate surface area is 187 Å². The number of aromatic hydroxyl groups is 1. The van der Waals surface area contributed by atoms with Crippen LogP contribution in [0.1, 0.15) is 0 Å². The van der Waals surface area contributed by atoms with Crippen molar-refractivity contribution in [2.24, 2.45) is 0 Å². The van der Waals surface area contributed by atoms with Crippen molar-refractivity contribution in [1.29, 1.82) is 0 Å². The van der Waals surface area contributed by atoms with Gasteiger partial charge in [0.05, 0.1) is 0 Å². The molecule has 0 atom stereocenters. The highest BCUT2D eigenvalue weighted by Crippen LogP contribution is 2.38. The Morgan fingerprint density at radius 1 is 0.562 bits per heavy atom. The molecule has 0 aliphatic carbocycles. The molecule has 154 valence electrons. The van der Waals surface area contributed by atoms with Crippen LogP contribution >= 0.6 is 0 Å². The maximum absolute atomic E-state index is 14.0. The molecule has 5 aromatic rings. The van der Waals surface area contributed by atoms with E-state index in [0.717, 1.165) is 22.4 Å². The molecule has 1 heterocycles. The third kappa shape index (κ3) is 3.50. The molecule has 4 aromatic carbocycles. The van der Waals surface area contributed by atoms with E-state index in [-0.39, 0.29) is 11.5 Å². The van der Waals surface area contributed by atoms with Crippen molar-refractivity contribution in [3.8, 4) is 50.8 Å². The van der Waals surface area contributed by atoms with Crippen LogP contribution in [-0.2, 0) is 0 Å². The second kappa shape index (κ2) is 8.40. The Morgan fingerprint density at radius 2 is 1.06 bits per heavy atom. The Hall–Kier alpha value is -4.37. The van der Waals surface area contributed by atoms with Crippen molar-refractivity contribution in [1.82, 2.24) is 0 Å². The van der Waals surface area contributed by atoms with Crippen LogP contribution in [0.3, 0.4) is 0 Å². The van der Waals surface area contributed by atoms with Gasteiger partial charge in [-0.3, -0.25) is 0 Å². The minimum Gasteiger partial charge on any atom is -0.868 e. The number of nitrogens with zero attached hydrogens (tertiary/aromatic N) is 1. The molecule has 0 fully saturated rings. The number of phenolic OH excluding ortho intramolecular Hbond substituents is 1. The molecule has 0 radical (unpaired) electrons. The van der Waals surface area contributed by atoms with E-state index in [4.69, 9.17) is 0 Å². The van der Waals surface area contributed by atoms with Crippen LogP contribution in [0, 0.1) is 0 Å². The molecular formula is C29H21NO2. The predicted molar refractivity (Wildman–Crippen MR) is 125 cm³/mol. The maximum Gasteiger partial charge on any atom is 0.253 e. The van der Waals surface area contributed by atoms with Crippen molar-refractivity contribution in [3.05, 3.63) is 121 Å². The maximum atomic E-state index is 14.0. The summed E-state index contributed by atoms with van der Waals surface area (Å²) in [5.41, 5.74) is 5.10. The zero-order valence-corrected chi connectivity index (χ0v) is 17.3. The van der Waals surface area contributed by atoms with Gasteiger partial charge in [0.1, 0.15) is 0 Å². The highest BCUT2D eigenvalue weighted by Gasteiger charge is 2.28. The number of para-hydroxylation sites is 2.